The maximum atomic E-state index is 12.9. The van der Waals surface area contributed by atoms with Gasteiger partial charge in [0.1, 0.15) is 24.5 Å². The van der Waals surface area contributed by atoms with Crippen LogP contribution in [0, 0.1) is 18.8 Å². The predicted octanol–water partition coefficient (Wildman–Crippen LogP) is 2.23. The molecule has 27 heavy (non-hydrogen) atoms. The van der Waals surface area contributed by atoms with E-state index in [0.717, 1.165) is 0 Å². The van der Waals surface area contributed by atoms with Crippen LogP contribution in [-0.4, -0.2) is 42.4 Å². The highest BCUT2D eigenvalue weighted by Gasteiger charge is 2.37. The van der Waals surface area contributed by atoms with Crippen LogP contribution in [0.1, 0.15) is 56.7 Å². The molecule has 7 nitrogen and oxygen atoms in total. The van der Waals surface area contributed by atoms with Crippen molar-refractivity contribution in [2.24, 2.45) is 11.8 Å². The van der Waals surface area contributed by atoms with Gasteiger partial charge in [0.15, 0.2) is 5.78 Å². The van der Waals surface area contributed by atoms with Crippen LogP contribution < -0.4 is 10.6 Å². The third-order valence-corrected chi connectivity index (χ3v) is 5.33. The zero-order valence-electron chi connectivity index (χ0n) is 16.7. The summed E-state index contributed by atoms with van der Waals surface area (Å²) in [6.07, 6.45) is 2.22. The third-order valence-electron chi connectivity index (χ3n) is 5.33. The lowest BCUT2D eigenvalue weighted by Crippen LogP contribution is -2.53. The van der Waals surface area contributed by atoms with Crippen molar-refractivity contribution in [2.45, 2.75) is 65.6 Å². The van der Waals surface area contributed by atoms with Crippen LogP contribution in [-0.2, 0) is 14.3 Å². The highest BCUT2D eigenvalue weighted by molar-refractivity contribution is 5.99. The van der Waals surface area contributed by atoms with Gasteiger partial charge in [-0.05, 0) is 37.7 Å². The van der Waals surface area contributed by atoms with Gasteiger partial charge in [-0.1, -0.05) is 27.7 Å². The fraction of sp³-hybridized carbons (Fsp3) is 0.650. The van der Waals surface area contributed by atoms with E-state index in [1.807, 2.05) is 13.8 Å². The topological polar surface area (TPSA) is 97.6 Å². The molecule has 2 rings (SSSR count). The molecule has 4 atom stereocenters. The van der Waals surface area contributed by atoms with E-state index < -0.39 is 12.1 Å². The molecule has 2 N–H and O–H groups in total. The number of amides is 2. The van der Waals surface area contributed by atoms with E-state index in [4.69, 9.17) is 9.15 Å². The van der Waals surface area contributed by atoms with Gasteiger partial charge in [0.05, 0.1) is 17.9 Å². The van der Waals surface area contributed by atoms with Crippen LogP contribution >= 0.6 is 0 Å². The molecule has 1 fully saturated rings. The molecule has 2 heterocycles. The molecule has 0 aromatic carbocycles. The minimum Gasteiger partial charge on any atom is -0.469 e. The molecule has 0 aliphatic carbocycles. The number of aryl methyl sites for hydroxylation is 1. The summed E-state index contributed by atoms with van der Waals surface area (Å²) in [5.41, 5.74) is 0.400. The Balaban J connectivity index is 2.13. The van der Waals surface area contributed by atoms with Gasteiger partial charge in [0.25, 0.3) is 5.91 Å². The molecule has 0 radical (unpaired) electrons. The minimum absolute atomic E-state index is 0.0110. The van der Waals surface area contributed by atoms with E-state index in [0.29, 0.717) is 30.1 Å². The van der Waals surface area contributed by atoms with Gasteiger partial charge >= 0.3 is 0 Å². The molecule has 0 saturated carbocycles. The van der Waals surface area contributed by atoms with Crippen LogP contribution in [0.4, 0.5) is 0 Å². The van der Waals surface area contributed by atoms with Crippen molar-refractivity contribution in [3.63, 3.8) is 0 Å². The second-order valence-electron chi connectivity index (χ2n) is 7.58. The molecule has 1 aromatic heterocycles. The fourth-order valence-corrected chi connectivity index (χ4v) is 3.10. The molecule has 1 aromatic rings. The highest BCUT2D eigenvalue weighted by atomic mass is 16.5. The molecular weight excluding hydrogens is 348 g/mol. The average molecular weight is 378 g/mol. The number of ether oxygens (including phenoxy) is 1. The maximum absolute atomic E-state index is 12.9. The summed E-state index contributed by atoms with van der Waals surface area (Å²) in [7, 11) is 0. The number of hydrogen-bond donors (Lipinski definition) is 2. The van der Waals surface area contributed by atoms with Gasteiger partial charge in [-0.15, -0.1) is 0 Å². The summed E-state index contributed by atoms with van der Waals surface area (Å²) < 4.78 is 10.6. The van der Waals surface area contributed by atoms with Crippen molar-refractivity contribution in [1.82, 2.24) is 10.6 Å². The van der Waals surface area contributed by atoms with Crippen LogP contribution in [0.3, 0.4) is 0 Å². The fourth-order valence-electron chi connectivity index (χ4n) is 3.10. The number of furan rings is 1. The number of nitrogens with one attached hydrogen (secondary N) is 2. The van der Waals surface area contributed by atoms with Gasteiger partial charge in [-0.2, -0.15) is 0 Å². The molecule has 1 aliphatic heterocycles. The Hall–Kier alpha value is -2.15. The number of Topliss-reactive ketones (excluding diaryl/α,β-unsaturated/α-hetero) is 1. The first-order valence-corrected chi connectivity index (χ1v) is 9.54. The lowest BCUT2D eigenvalue weighted by atomic mass is 9.90. The van der Waals surface area contributed by atoms with Crippen molar-refractivity contribution in [3.8, 4) is 0 Å². The molecule has 2 amide bonds. The summed E-state index contributed by atoms with van der Waals surface area (Å²) in [6.45, 7) is 9.80. The van der Waals surface area contributed by atoms with E-state index in [-0.39, 0.29) is 36.2 Å². The van der Waals surface area contributed by atoms with Gasteiger partial charge in [-0.25, -0.2) is 0 Å². The summed E-state index contributed by atoms with van der Waals surface area (Å²) >= 11 is 0. The van der Waals surface area contributed by atoms with Crippen molar-refractivity contribution in [2.75, 3.05) is 6.61 Å². The van der Waals surface area contributed by atoms with Crippen molar-refractivity contribution in [3.05, 3.63) is 23.7 Å². The number of rotatable bonds is 8. The minimum atomic E-state index is -0.741. The summed E-state index contributed by atoms with van der Waals surface area (Å²) in [6, 6.07) is 0.175. The monoisotopic (exact) mass is 378 g/mol. The quantitative estimate of drug-likeness (QED) is 0.723. The van der Waals surface area contributed by atoms with Gasteiger partial charge in [0, 0.05) is 0 Å². The van der Waals surface area contributed by atoms with Crippen molar-refractivity contribution in [1.29, 1.82) is 0 Å². The summed E-state index contributed by atoms with van der Waals surface area (Å²) in [4.78, 5) is 37.5. The van der Waals surface area contributed by atoms with Gasteiger partial charge in [0.2, 0.25) is 5.91 Å². The lowest BCUT2D eigenvalue weighted by molar-refractivity contribution is -0.128. The third kappa shape index (κ3) is 5.19. The number of hydrogen-bond acceptors (Lipinski definition) is 5. The second kappa shape index (κ2) is 9.17. The first kappa shape index (κ1) is 21.2. The Labute approximate surface area is 160 Å². The largest absolute Gasteiger partial charge is 0.469 e. The lowest BCUT2D eigenvalue weighted by Gasteiger charge is -2.26. The molecule has 3 unspecified atom stereocenters. The molecule has 150 valence electrons. The highest BCUT2D eigenvalue weighted by Crippen LogP contribution is 2.19. The Morgan fingerprint density at radius 3 is 2.56 bits per heavy atom. The standard InChI is InChI=1S/C20H30N2O5/c1-6-17-18(16(23)10-27-17)22-20(25)15(9-12(4)11(2)3)21-19(24)14-7-8-26-13(14)5/h7-8,11-12,15,17-18H,6,9-10H2,1-5H3,(H,21,24)(H,22,25)/t12?,15-,17?,18?/m0/s1. The number of ketones is 1. The molecule has 1 aliphatic rings. The zero-order chi connectivity index (χ0) is 20.1. The first-order valence-electron chi connectivity index (χ1n) is 9.54. The molecule has 0 spiro atoms. The molecular formula is C20H30N2O5. The van der Waals surface area contributed by atoms with E-state index in [1.165, 1.54) is 6.26 Å². The Morgan fingerprint density at radius 2 is 2.00 bits per heavy atom. The average Bonchev–Trinajstić information content (AvgIpc) is 3.20. The van der Waals surface area contributed by atoms with E-state index in [2.05, 4.69) is 24.5 Å². The molecule has 1 saturated heterocycles. The van der Waals surface area contributed by atoms with Crippen LogP contribution in [0.25, 0.3) is 0 Å². The predicted molar refractivity (Wildman–Crippen MR) is 100 cm³/mol. The molecule has 0 bridgehead atoms. The SMILES string of the molecule is CCC1OCC(=O)C1NC(=O)[C@H](CC(C)C(C)C)NC(=O)c1ccoc1C. The van der Waals surface area contributed by atoms with Crippen LogP contribution in [0.15, 0.2) is 16.7 Å². The summed E-state index contributed by atoms with van der Waals surface area (Å²) in [5.74, 6) is 0.200. The van der Waals surface area contributed by atoms with Crippen LogP contribution in [0.2, 0.25) is 0 Å². The van der Waals surface area contributed by atoms with Crippen molar-refractivity contribution >= 4 is 17.6 Å². The van der Waals surface area contributed by atoms with Gasteiger partial charge < -0.3 is 19.8 Å². The Kier molecular flexibility index (Phi) is 7.18. The van der Waals surface area contributed by atoms with E-state index in [1.54, 1.807) is 13.0 Å². The van der Waals surface area contributed by atoms with Gasteiger partial charge in [-0.3, -0.25) is 14.4 Å². The Morgan fingerprint density at radius 1 is 1.30 bits per heavy atom. The second-order valence-corrected chi connectivity index (χ2v) is 7.58. The number of carbonyl (C=O) groups excluding carboxylic acids is 3. The smallest absolute Gasteiger partial charge is 0.255 e. The first-order chi connectivity index (χ1) is 12.7. The Bertz CT molecular complexity index is 682. The number of carbonyl (C=O) groups is 3. The zero-order valence-corrected chi connectivity index (χ0v) is 16.7. The van der Waals surface area contributed by atoms with E-state index in [9.17, 15) is 14.4 Å². The normalized spacial score (nSPS) is 21.9. The van der Waals surface area contributed by atoms with E-state index >= 15 is 0 Å². The van der Waals surface area contributed by atoms with Crippen molar-refractivity contribution < 1.29 is 23.5 Å². The summed E-state index contributed by atoms with van der Waals surface area (Å²) in [5, 5.41) is 5.59. The van der Waals surface area contributed by atoms with Crippen LogP contribution in [0.5, 0.6) is 0 Å². The molecule has 7 heteroatoms. The maximum Gasteiger partial charge on any atom is 0.255 e.